The molecule has 0 aliphatic carbocycles. The van der Waals surface area contributed by atoms with Gasteiger partial charge in [-0.3, -0.25) is 14.6 Å². The average molecular weight is 652 g/mol. The highest BCUT2D eigenvalue weighted by Gasteiger charge is 2.38. The second kappa shape index (κ2) is 16.6. The Kier molecular flexibility index (Phi) is 12.1. The van der Waals surface area contributed by atoms with Crippen molar-refractivity contribution in [2.24, 2.45) is 5.92 Å². The number of hydrogen-bond donors (Lipinski definition) is 2. The lowest BCUT2D eigenvalue weighted by Gasteiger charge is -2.42. The predicted octanol–water partition coefficient (Wildman–Crippen LogP) is 5.77. The van der Waals surface area contributed by atoms with Gasteiger partial charge in [0.1, 0.15) is 0 Å². The molecule has 2 N–H and O–H groups in total. The van der Waals surface area contributed by atoms with E-state index in [0.717, 1.165) is 58.6 Å². The van der Waals surface area contributed by atoms with Crippen LogP contribution in [0.1, 0.15) is 61.1 Å². The summed E-state index contributed by atoms with van der Waals surface area (Å²) in [6.45, 7) is 6.91. The van der Waals surface area contributed by atoms with Gasteiger partial charge in [-0.2, -0.15) is 0 Å². The number of aromatic nitrogens is 1. The van der Waals surface area contributed by atoms with Gasteiger partial charge in [0.2, 0.25) is 0 Å². The minimum atomic E-state index is -0.850. The van der Waals surface area contributed by atoms with Gasteiger partial charge in [0.25, 0.3) is 5.91 Å². The van der Waals surface area contributed by atoms with Crippen molar-refractivity contribution < 1.29 is 28.9 Å². The number of aliphatic hydroxyl groups is 1. The molecule has 9 nitrogen and oxygen atoms in total. The fraction of sp³-hybridized carbons (Fsp3) is 0.359. The lowest BCUT2D eigenvalue weighted by atomic mass is 9.90. The molecule has 0 saturated carbocycles. The van der Waals surface area contributed by atoms with E-state index in [1.807, 2.05) is 79.0 Å². The van der Waals surface area contributed by atoms with Crippen LogP contribution in [0.4, 0.5) is 0 Å². The van der Waals surface area contributed by atoms with Gasteiger partial charge in [-0.05, 0) is 60.0 Å². The summed E-state index contributed by atoms with van der Waals surface area (Å²) in [6, 6.07) is 30.1. The lowest BCUT2D eigenvalue weighted by molar-refractivity contribution is -0.275. The number of pyridine rings is 1. The normalized spacial score (nSPS) is 19.9. The highest BCUT2D eigenvalue weighted by molar-refractivity contribution is 5.82. The van der Waals surface area contributed by atoms with Gasteiger partial charge in [0, 0.05) is 56.4 Å². The number of ether oxygens (including phenoxy) is 3. The quantitative estimate of drug-likeness (QED) is 0.175. The Hall–Kier alpha value is -4.41. The molecule has 0 spiro atoms. The SMILES string of the molecule is CC(=O)OC(C)C(=O)NCc1cccc(-c2ccc(C3OC(CN(C)CCc4ccccn4)C(C)C(c4ccc(CO)cc4)O3)cc2)c1. The van der Waals surface area contributed by atoms with Gasteiger partial charge in [-0.25, -0.2) is 0 Å². The van der Waals surface area contributed by atoms with E-state index in [2.05, 4.69) is 47.4 Å². The molecule has 5 rings (SSSR count). The van der Waals surface area contributed by atoms with Crippen molar-refractivity contribution in [2.45, 2.75) is 64.9 Å². The molecular weight excluding hydrogens is 606 g/mol. The Balaban J connectivity index is 1.29. The monoisotopic (exact) mass is 651 g/mol. The molecular formula is C39H45N3O6. The molecule has 3 aromatic carbocycles. The van der Waals surface area contributed by atoms with Gasteiger partial charge >= 0.3 is 5.97 Å². The van der Waals surface area contributed by atoms with E-state index in [-0.39, 0.29) is 30.6 Å². The first-order valence-corrected chi connectivity index (χ1v) is 16.4. The maximum atomic E-state index is 12.3. The van der Waals surface area contributed by atoms with E-state index in [4.69, 9.17) is 14.2 Å². The van der Waals surface area contributed by atoms with Crippen molar-refractivity contribution in [3.05, 3.63) is 125 Å². The van der Waals surface area contributed by atoms with Crippen LogP contribution in [0.3, 0.4) is 0 Å². The molecule has 0 bridgehead atoms. The Labute approximate surface area is 282 Å². The minimum Gasteiger partial charge on any atom is -0.453 e. The third-order valence-electron chi connectivity index (χ3n) is 8.71. The van der Waals surface area contributed by atoms with Crippen molar-refractivity contribution in [3.8, 4) is 11.1 Å². The van der Waals surface area contributed by atoms with E-state index < -0.39 is 18.4 Å². The largest absolute Gasteiger partial charge is 0.453 e. The topological polar surface area (TPSA) is 110 Å². The van der Waals surface area contributed by atoms with Crippen LogP contribution in [0.2, 0.25) is 0 Å². The standard InChI is InChI=1S/C39H45N3O6/c1-26-36(24-42(4)21-19-35-10-5-6-20-40-35)47-39(48-37(26)32-13-11-29(25-43)12-14-32)33-17-15-31(16-18-33)34-9-7-8-30(22-34)23-41-38(45)27(2)46-28(3)44/h5-18,20,22,26-27,36-37,39,43H,19,21,23-25H2,1-4H3,(H,41,45). The second-order valence-electron chi connectivity index (χ2n) is 12.4. The number of amides is 1. The van der Waals surface area contributed by atoms with Crippen molar-refractivity contribution in [1.82, 2.24) is 15.2 Å². The highest BCUT2D eigenvalue weighted by atomic mass is 16.7. The molecule has 1 amide bonds. The van der Waals surface area contributed by atoms with Crippen LogP contribution in [0, 0.1) is 5.92 Å². The Morgan fingerprint density at radius 3 is 2.38 bits per heavy atom. The maximum Gasteiger partial charge on any atom is 0.303 e. The summed E-state index contributed by atoms with van der Waals surface area (Å²) in [5.41, 5.74) is 6.86. The van der Waals surface area contributed by atoms with Crippen LogP contribution in [0.5, 0.6) is 0 Å². The summed E-state index contributed by atoms with van der Waals surface area (Å²) in [5, 5.41) is 12.4. The summed E-state index contributed by atoms with van der Waals surface area (Å²) >= 11 is 0. The zero-order valence-electron chi connectivity index (χ0n) is 28.0. The van der Waals surface area contributed by atoms with Gasteiger partial charge in [0.15, 0.2) is 12.4 Å². The van der Waals surface area contributed by atoms with Crippen LogP contribution in [-0.2, 0) is 43.4 Å². The molecule has 1 aromatic heterocycles. The number of benzene rings is 3. The smallest absolute Gasteiger partial charge is 0.303 e. The minimum absolute atomic E-state index is 0.00400. The predicted molar refractivity (Wildman–Crippen MR) is 183 cm³/mol. The number of nitrogens with one attached hydrogen (secondary N) is 1. The molecule has 1 saturated heterocycles. The molecule has 252 valence electrons. The van der Waals surface area contributed by atoms with Crippen LogP contribution < -0.4 is 5.32 Å². The summed E-state index contributed by atoms with van der Waals surface area (Å²) in [4.78, 5) is 30.2. The molecule has 1 fully saturated rings. The van der Waals surface area contributed by atoms with Gasteiger partial charge in [-0.1, -0.05) is 79.7 Å². The average Bonchev–Trinajstić information content (AvgIpc) is 3.11. The molecule has 4 aromatic rings. The molecule has 2 heterocycles. The van der Waals surface area contributed by atoms with Gasteiger partial charge in [-0.15, -0.1) is 0 Å². The third kappa shape index (κ3) is 9.35. The fourth-order valence-electron chi connectivity index (χ4n) is 5.91. The number of esters is 1. The van der Waals surface area contributed by atoms with E-state index in [1.165, 1.54) is 6.92 Å². The zero-order valence-corrected chi connectivity index (χ0v) is 28.0. The van der Waals surface area contributed by atoms with Crippen molar-refractivity contribution in [3.63, 3.8) is 0 Å². The summed E-state index contributed by atoms with van der Waals surface area (Å²) < 4.78 is 18.3. The van der Waals surface area contributed by atoms with Crippen LogP contribution in [0.15, 0.2) is 97.2 Å². The van der Waals surface area contributed by atoms with E-state index in [9.17, 15) is 14.7 Å². The first-order valence-electron chi connectivity index (χ1n) is 16.4. The Bertz CT molecular complexity index is 1630. The lowest BCUT2D eigenvalue weighted by Crippen LogP contribution is -2.43. The summed E-state index contributed by atoms with van der Waals surface area (Å²) in [5.74, 6) is -0.756. The number of aliphatic hydroxyl groups excluding tert-OH is 1. The fourth-order valence-corrected chi connectivity index (χ4v) is 5.91. The Morgan fingerprint density at radius 2 is 1.69 bits per heavy atom. The molecule has 9 heteroatoms. The van der Waals surface area contributed by atoms with E-state index in [1.54, 1.807) is 6.92 Å². The van der Waals surface area contributed by atoms with Gasteiger partial charge < -0.3 is 29.5 Å². The zero-order chi connectivity index (χ0) is 34.0. The van der Waals surface area contributed by atoms with E-state index >= 15 is 0 Å². The summed E-state index contributed by atoms with van der Waals surface area (Å²) in [6.07, 6.45) is 0.987. The number of carbonyl (C=O) groups is 2. The molecule has 1 aliphatic heterocycles. The maximum absolute atomic E-state index is 12.3. The van der Waals surface area contributed by atoms with Crippen LogP contribution >= 0.6 is 0 Å². The third-order valence-corrected chi connectivity index (χ3v) is 8.71. The number of hydrogen-bond acceptors (Lipinski definition) is 8. The van der Waals surface area contributed by atoms with Crippen molar-refractivity contribution in [1.29, 1.82) is 0 Å². The van der Waals surface area contributed by atoms with Crippen LogP contribution in [0.25, 0.3) is 11.1 Å². The molecule has 5 unspecified atom stereocenters. The molecule has 1 aliphatic rings. The summed E-state index contributed by atoms with van der Waals surface area (Å²) in [7, 11) is 2.11. The highest BCUT2D eigenvalue weighted by Crippen LogP contribution is 2.42. The number of likely N-dealkylation sites (N-methyl/N-ethyl adjacent to an activating group) is 1. The van der Waals surface area contributed by atoms with Crippen molar-refractivity contribution in [2.75, 3.05) is 20.1 Å². The first-order chi connectivity index (χ1) is 23.2. The number of carbonyl (C=O) groups excluding carboxylic acids is 2. The second-order valence-corrected chi connectivity index (χ2v) is 12.4. The van der Waals surface area contributed by atoms with Crippen LogP contribution in [-0.4, -0.2) is 59.2 Å². The van der Waals surface area contributed by atoms with E-state index in [0.29, 0.717) is 6.54 Å². The number of rotatable bonds is 13. The Morgan fingerprint density at radius 1 is 0.938 bits per heavy atom. The number of nitrogens with zero attached hydrogens (tertiary/aromatic N) is 2. The first kappa shape index (κ1) is 34.9. The molecule has 5 atom stereocenters. The van der Waals surface area contributed by atoms with Gasteiger partial charge in [0.05, 0.1) is 18.8 Å². The molecule has 48 heavy (non-hydrogen) atoms. The molecule has 0 radical (unpaired) electrons. The van der Waals surface area contributed by atoms with Crippen molar-refractivity contribution >= 4 is 11.9 Å².